The molecule has 0 spiro atoms. The number of nitrogens with zero attached hydrogens (tertiary/aromatic N) is 6. The number of amides is 1. The van der Waals surface area contributed by atoms with Gasteiger partial charge in [0.2, 0.25) is 15.9 Å². The highest BCUT2D eigenvalue weighted by atomic mass is 32.2. The SMILES string of the molecule is CC(C)C(=O)N1CCN(c2cc(S(=O)(=O)NC3(C)COC3)cc3c2cnn3N2CSC=N2)CC1C. The van der Waals surface area contributed by atoms with E-state index in [1.54, 1.807) is 33.8 Å². The lowest BCUT2D eigenvalue weighted by atomic mass is 10.0. The monoisotopic (exact) mass is 521 g/mol. The van der Waals surface area contributed by atoms with Crippen LogP contribution in [0.25, 0.3) is 10.9 Å². The van der Waals surface area contributed by atoms with Crippen molar-refractivity contribution in [2.45, 2.75) is 44.2 Å². The number of aromatic nitrogens is 2. The van der Waals surface area contributed by atoms with Crippen LogP contribution in [0, 0.1) is 5.92 Å². The van der Waals surface area contributed by atoms with Crippen molar-refractivity contribution in [1.29, 1.82) is 0 Å². The predicted molar refractivity (Wildman–Crippen MR) is 137 cm³/mol. The first-order valence-electron chi connectivity index (χ1n) is 11.7. The Morgan fingerprint density at radius 3 is 2.66 bits per heavy atom. The first-order chi connectivity index (χ1) is 16.6. The van der Waals surface area contributed by atoms with E-state index in [9.17, 15) is 13.2 Å². The number of carbonyl (C=O) groups is 1. The molecule has 1 N–H and O–H groups in total. The molecule has 2 aromatic rings. The summed E-state index contributed by atoms with van der Waals surface area (Å²) in [5, 5.41) is 11.4. The van der Waals surface area contributed by atoms with Crippen LogP contribution in [0.4, 0.5) is 5.69 Å². The average Bonchev–Trinajstić information content (AvgIpc) is 3.46. The zero-order valence-corrected chi connectivity index (χ0v) is 22.0. The fraction of sp³-hybridized carbons (Fsp3) is 0.591. The van der Waals surface area contributed by atoms with E-state index in [1.807, 2.05) is 32.6 Å². The zero-order chi connectivity index (χ0) is 25.0. The summed E-state index contributed by atoms with van der Waals surface area (Å²) in [6, 6.07) is 3.36. The normalized spacial score (nSPS) is 22.3. The van der Waals surface area contributed by atoms with Crippen molar-refractivity contribution in [1.82, 2.24) is 19.5 Å². The third-order valence-corrected chi connectivity index (χ3v) is 8.80. The maximum atomic E-state index is 13.4. The summed E-state index contributed by atoms with van der Waals surface area (Å²) in [6.07, 6.45) is 1.75. The number of piperazine rings is 1. The molecule has 1 aromatic carbocycles. The molecule has 1 amide bonds. The minimum Gasteiger partial charge on any atom is -0.377 e. The molecule has 0 bridgehead atoms. The number of hydrogen-bond acceptors (Lipinski definition) is 9. The van der Waals surface area contributed by atoms with Crippen LogP contribution in [0.5, 0.6) is 0 Å². The second-order valence-corrected chi connectivity index (χ2v) is 12.4. The van der Waals surface area contributed by atoms with Gasteiger partial charge in [-0.25, -0.2) is 13.1 Å². The van der Waals surface area contributed by atoms with Gasteiger partial charge in [0.1, 0.15) is 5.88 Å². The zero-order valence-electron chi connectivity index (χ0n) is 20.3. The molecule has 0 radical (unpaired) electrons. The maximum absolute atomic E-state index is 13.4. The molecule has 1 atom stereocenters. The van der Waals surface area contributed by atoms with E-state index in [4.69, 9.17) is 4.74 Å². The summed E-state index contributed by atoms with van der Waals surface area (Å²) in [6.45, 7) is 10.1. The lowest BCUT2D eigenvalue weighted by Crippen LogP contribution is -2.59. The molecule has 35 heavy (non-hydrogen) atoms. The second-order valence-electron chi connectivity index (χ2n) is 9.94. The van der Waals surface area contributed by atoms with E-state index in [1.165, 1.54) is 11.8 Å². The molecule has 0 saturated carbocycles. The van der Waals surface area contributed by atoms with Crippen molar-refractivity contribution in [2.24, 2.45) is 11.0 Å². The molecule has 0 aliphatic carbocycles. The Labute approximate surface area is 209 Å². The Bertz CT molecular complexity index is 1270. The van der Waals surface area contributed by atoms with Crippen molar-refractivity contribution < 1.29 is 17.9 Å². The van der Waals surface area contributed by atoms with E-state index < -0.39 is 15.6 Å². The van der Waals surface area contributed by atoms with Crippen molar-refractivity contribution >= 4 is 49.8 Å². The minimum atomic E-state index is -3.82. The molecular formula is C22H31N7O4S2. The molecule has 5 rings (SSSR count). The molecule has 1 aromatic heterocycles. The fourth-order valence-corrected chi connectivity index (χ4v) is 6.65. The number of anilines is 1. The average molecular weight is 522 g/mol. The third-order valence-electron chi connectivity index (χ3n) is 6.56. The number of hydrogen-bond donors (Lipinski definition) is 1. The van der Waals surface area contributed by atoms with Gasteiger partial charge in [0.05, 0.1) is 40.9 Å². The van der Waals surface area contributed by atoms with Gasteiger partial charge in [0.25, 0.3) is 0 Å². The molecular weight excluding hydrogens is 490 g/mol. The van der Waals surface area contributed by atoms with Crippen molar-refractivity contribution in [3.8, 4) is 0 Å². The first-order valence-corrected chi connectivity index (χ1v) is 14.2. The lowest BCUT2D eigenvalue weighted by Gasteiger charge is -2.42. The van der Waals surface area contributed by atoms with Crippen molar-refractivity contribution in [3.05, 3.63) is 18.3 Å². The number of nitrogens with one attached hydrogen (secondary N) is 1. The molecule has 1 unspecified atom stereocenters. The Kier molecular flexibility index (Phi) is 6.22. The number of carbonyl (C=O) groups excluding carboxylic acids is 1. The quantitative estimate of drug-likeness (QED) is 0.607. The van der Waals surface area contributed by atoms with E-state index in [2.05, 4.69) is 19.8 Å². The van der Waals surface area contributed by atoms with Crippen LogP contribution in [0.3, 0.4) is 0 Å². The molecule has 190 valence electrons. The van der Waals surface area contributed by atoms with Crippen LogP contribution >= 0.6 is 11.8 Å². The Hall–Kier alpha value is -2.35. The van der Waals surface area contributed by atoms with Crippen LogP contribution in [0.15, 0.2) is 28.3 Å². The predicted octanol–water partition coefficient (Wildman–Crippen LogP) is 1.38. The number of fused-ring (bicyclic) bond motifs is 1. The molecule has 3 aliphatic rings. The molecule has 2 fully saturated rings. The lowest BCUT2D eigenvalue weighted by molar-refractivity contribution is -0.136. The highest BCUT2D eigenvalue weighted by Crippen LogP contribution is 2.33. The van der Waals surface area contributed by atoms with Crippen LogP contribution in [0.1, 0.15) is 27.7 Å². The smallest absolute Gasteiger partial charge is 0.241 e. The Morgan fingerprint density at radius 2 is 2.06 bits per heavy atom. The summed E-state index contributed by atoms with van der Waals surface area (Å²) >= 11 is 1.54. The van der Waals surface area contributed by atoms with Gasteiger partial charge >= 0.3 is 0 Å². The third kappa shape index (κ3) is 4.50. The van der Waals surface area contributed by atoms with Crippen LogP contribution < -0.4 is 14.7 Å². The number of benzene rings is 1. The van der Waals surface area contributed by atoms with Crippen LogP contribution in [0.2, 0.25) is 0 Å². The summed E-state index contributed by atoms with van der Waals surface area (Å²) in [5.41, 5.74) is 2.55. The summed E-state index contributed by atoms with van der Waals surface area (Å²) in [5.74, 6) is 0.657. The van der Waals surface area contributed by atoms with E-state index in [0.29, 0.717) is 44.2 Å². The van der Waals surface area contributed by atoms with Gasteiger partial charge in [0, 0.05) is 42.7 Å². The van der Waals surface area contributed by atoms with Gasteiger partial charge in [-0.1, -0.05) is 25.6 Å². The Balaban J connectivity index is 1.55. The number of ether oxygens (including phenoxy) is 1. The number of sulfonamides is 1. The van der Waals surface area contributed by atoms with Gasteiger partial charge < -0.3 is 14.5 Å². The summed E-state index contributed by atoms with van der Waals surface area (Å²) in [7, 11) is -3.82. The van der Waals surface area contributed by atoms with Crippen LogP contribution in [-0.2, 0) is 19.6 Å². The van der Waals surface area contributed by atoms with Crippen LogP contribution in [-0.4, -0.2) is 85.0 Å². The van der Waals surface area contributed by atoms with Gasteiger partial charge in [-0.15, -0.1) is 0 Å². The van der Waals surface area contributed by atoms with Crippen molar-refractivity contribution in [3.63, 3.8) is 0 Å². The minimum absolute atomic E-state index is 0.00671. The Morgan fingerprint density at radius 1 is 1.29 bits per heavy atom. The van der Waals surface area contributed by atoms with Gasteiger partial charge in [-0.2, -0.15) is 20.1 Å². The number of thioether (sulfide) groups is 1. The molecule has 2 saturated heterocycles. The van der Waals surface area contributed by atoms with E-state index in [-0.39, 0.29) is 22.8 Å². The topological polar surface area (TPSA) is 112 Å². The molecule has 11 nitrogen and oxygen atoms in total. The highest BCUT2D eigenvalue weighted by Gasteiger charge is 2.38. The molecule has 3 aliphatic heterocycles. The van der Waals surface area contributed by atoms with Gasteiger partial charge in [0.15, 0.2) is 0 Å². The highest BCUT2D eigenvalue weighted by molar-refractivity contribution is 8.12. The standard InChI is InChI=1S/C22H31N7O4S2/c1-15(2)21(30)27-6-5-26(10-16(27)3)19-7-17(35(31,32)25-22(4)11-33-12-22)8-20-18(19)9-23-29(20)28-14-34-13-24-28/h7-9,13,15-16,25H,5-6,10-12,14H2,1-4H3. The van der Waals surface area contributed by atoms with Gasteiger partial charge in [-0.3, -0.25) is 4.79 Å². The number of hydrazone groups is 1. The van der Waals surface area contributed by atoms with E-state index in [0.717, 1.165) is 11.1 Å². The van der Waals surface area contributed by atoms with E-state index >= 15 is 0 Å². The maximum Gasteiger partial charge on any atom is 0.241 e. The van der Waals surface area contributed by atoms with Gasteiger partial charge in [-0.05, 0) is 26.0 Å². The molecule has 13 heteroatoms. The fourth-order valence-electron chi connectivity index (χ4n) is 4.68. The largest absolute Gasteiger partial charge is 0.377 e. The molecule has 4 heterocycles. The van der Waals surface area contributed by atoms with Crippen molar-refractivity contribution in [2.75, 3.05) is 48.7 Å². The number of rotatable bonds is 6. The summed E-state index contributed by atoms with van der Waals surface area (Å²) < 4.78 is 34.9. The first kappa shape index (κ1) is 24.3. The summed E-state index contributed by atoms with van der Waals surface area (Å²) in [4.78, 5) is 18.5. The second kappa shape index (κ2) is 8.95.